The van der Waals surface area contributed by atoms with Gasteiger partial charge in [-0.3, -0.25) is 4.90 Å². The van der Waals surface area contributed by atoms with Crippen LogP contribution in [0.3, 0.4) is 0 Å². The summed E-state index contributed by atoms with van der Waals surface area (Å²) in [7, 11) is 0. The fraction of sp³-hybridized carbons (Fsp3) is 0.786. The molecule has 0 bridgehead atoms. The lowest BCUT2D eigenvalue weighted by molar-refractivity contribution is -0.138. The van der Waals surface area contributed by atoms with Gasteiger partial charge in [0.1, 0.15) is 6.61 Å². The lowest BCUT2D eigenvalue weighted by Crippen LogP contribution is -2.35. The van der Waals surface area contributed by atoms with Gasteiger partial charge < -0.3 is 9.84 Å². The first-order valence-corrected chi connectivity index (χ1v) is 6.83. The van der Waals surface area contributed by atoms with E-state index in [0.717, 1.165) is 25.8 Å². The van der Waals surface area contributed by atoms with Gasteiger partial charge in [-0.05, 0) is 26.3 Å². The maximum atomic E-state index is 11.1. The summed E-state index contributed by atoms with van der Waals surface area (Å²) in [6, 6.07) is 0. The average molecular weight is 257 g/mol. The zero-order chi connectivity index (χ0) is 13.8. The Balaban J connectivity index is 3.95. The summed E-state index contributed by atoms with van der Waals surface area (Å²) in [4.78, 5) is 13.3. The van der Waals surface area contributed by atoms with Crippen molar-refractivity contribution in [1.29, 1.82) is 0 Å². The van der Waals surface area contributed by atoms with E-state index in [2.05, 4.69) is 11.8 Å². The zero-order valence-corrected chi connectivity index (χ0v) is 11.9. The van der Waals surface area contributed by atoms with Gasteiger partial charge in [-0.1, -0.05) is 26.3 Å². The van der Waals surface area contributed by atoms with E-state index in [-0.39, 0.29) is 12.1 Å². The second-order valence-electron chi connectivity index (χ2n) is 4.38. The summed E-state index contributed by atoms with van der Waals surface area (Å²) < 4.78 is 5.06. The van der Waals surface area contributed by atoms with Crippen LogP contribution in [0, 0.1) is 0 Å². The molecule has 0 fully saturated rings. The van der Waals surface area contributed by atoms with Crippen LogP contribution in [0.5, 0.6) is 0 Å². The summed E-state index contributed by atoms with van der Waals surface area (Å²) >= 11 is 0. The minimum Gasteiger partial charge on any atom is -0.461 e. The summed E-state index contributed by atoms with van der Waals surface area (Å²) in [5, 5.41) is 9.66. The number of esters is 1. The molecule has 0 rings (SSSR count). The smallest absolute Gasteiger partial charge is 0.330 e. The molecule has 4 nitrogen and oxygen atoms in total. The van der Waals surface area contributed by atoms with E-state index in [1.165, 1.54) is 6.08 Å². The van der Waals surface area contributed by atoms with Crippen molar-refractivity contribution < 1.29 is 14.6 Å². The first-order valence-electron chi connectivity index (χ1n) is 6.83. The molecule has 0 amide bonds. The van der Waals surface area contributed by atoms with Crippen molar-refractivity contribution in [2.24, 2.45) is 0 Å². The topological polar surface area (TPSA) is 49.8 Å². The molecule has 0 aromatic carbocycles. The molecule has 0 saturated heterocycles. The van der Waals surface area contributed by atoms with E-state index in [1.807, 2.05) is 6.92 Å². The molecule has 0 saturated carbocycles. The number of ether oxygens (including phenoxy) is 1. The first kappa shape index (κ1) is 17.1. The van der Waals surface area contributed by atoms with Gasteiger partial charge in [0.2, 0.25) is 0 Å². The third kappa shape index (κ3) is 9.19. The summed E-state index contributed by atoms with van der Waals surface area (Å²) in [6.45, 7) is 8.54. The van der Waals surface area contributed by atoms with Crippen LogP contribution < -0.4 is 0 Å². The normalized spacial score (nSPS) is 13.2. The van der Waals surface area contributed by atoms with Gasteiger partial charge in [-0.2, -0.15) is 0 Å². The monoisotopic (exact) mass is 257 g/mol. The van der Waals surface area contributed by atoms with Crippen LogP contribution in [0.4, 0.5) is 0 Å². The Morgan fingerprint density at radius 2 is 2.11 bits per heavy atom. The number of carbonyl (C=O) groups excluding carboxylic acids is 1. The molecule has 0 aliphatic carbocycles. The van der Waals surface area contributed by atoms with E-state index in [4.69, 9.17) is 4.74 Å². The predicted molar refractivity (Wildman–Crippen MR) is 73.4 cm³/mol. The third-order valence-corrected chi connectivity index (χ3v) is 2.72. The Bertz CT molecular complexity index is 241. The van der Waals surface area contributed by atoms with Crippen molar-refractivity contribution in [3.05, 3.63) is 12.2 Å². The number of allylic oxidation sites excluding steroid dienone is 1. The van der Waals surface area contributed by atoms with Crippen molar-refractivity contribution in [2.45, 2.75) is 46.1 Å². The highest BCUT2D eigenvalue weighted by Crippen LogP contribution is 2.00. The van der Waals surface area contributed by atoms with Gasteiger partial charge in [0.05, 0.1) is 6.10 Å². The van der Waals surface area contributed by atoms with Crippen molar-refractivity contribution in [1.82, 2.24) is 4.90 Å². The molecular weight excluding hydrogens is 230 g/mol. The number of aliphatic hydroxyl groups excluding tert-OH is 1. The molecule has 4 heteroatoms. The molecule has 0 aromatic heterocycles. The summed E-state index contributed by atoms with van der Waals surface area (Å²) in [5.41, 5.74) is 0. The molecular formula is C14H27NO3. The van der Waals surface area contributed by atoms with Crippen molar-refractivity contribution in [3.8, 4) is 0 Å². The maximum absolute atomic E-state index is 11.1. The average Bonchev–Trinajstić information content (AvgIpc) is 2.35. The van der Waals surface area contributed by atoms with E-state index in [1.54, 1.807) is 13.0 Å². The van der Waals surface area contributed by atoms with Crippen LogP contribution in [0.25, 0.3) is 0 Å². The van der Waals surface area contributed by atoms with E-state index in [9.17, 15) is 9.90 Å². The van der Waals surface area contributed by atoms with Crippen LogP contribution in [0.2, 0.25) is 0 Å². The maximum Gasteiger partial charge on any atom is 0.330 e. The van der Waals surface area contributed by atoms with E-state index >= 15 is 0 Å². The van der Waals surface area contributed by atoms with Crippen molar-refractivity contribution in [3.63, 3.8) is 0 Å². The Labute approximate surface area is 111 Å². The molecule has 1 atom stereocenters. The number of hydrogen-bond acceptors (Lipinski definition) is 4. The Kier molecular flexibility index (Phi) is 10.7. The van der Waals surface area contributed by atoms with Gasteiger partial charge in [0.25, 0.3) is 0 Å². The molecule has 0 aliphatic heterocycles. The molecule has 0 aliphatic rings. The summed E-state index contributed by atoms with van der Waals surface area (Å²) in [5.74, 6) is -0.302. The fourth-order valence-corrected chi connectivity index (χ4v) is 1.56. The second kappa shape index (κ2) is 11.2. The number of rotatable bonds is 10. The number of nitrogens with zero attached hydrogens (tertiary/aromatic N) is 1. The first-order chi connectivity index (χ1) is 8.63. The molecule has 0 spiro atoms. The van der Waals surface area contributed by atoms with Gasteiger partial charge in [-0.15, -0.1) is 0 Å². The minimum absolute atomic E-state index is 0.298. The van der Waals surface area contributed by atoms with Crippen molar-refractivity contribution in [2.75, 3.05) is 26.2 Å². The van der Waals surface area contributed by atoms with E-state index in [0.29, 0.717) is 19.7 Å². The quantitative estimate of drug-likeness (QED) is 0.480. The third-order valence-electron chi connectivity index (χ3n) is 2.72. The minimum atomic E-state index is -0.302. The molecule has 1 unspecified atom stereocenters. The Hall–Kier alpha value is -0.870. The Morgan fingerprint density at radius 3 is 2.67 bits per heavy atom. The standard InChI is InChI=1S/C14H27NO3/c1-4-7-9-15(12-13(16)6-3)10-11-18-14(17)8-5-2/h5,8,13,16H,4,6-7,9-12H2,1-3H3/b8-5+. The number of carbonyl (C=O) groups is 1. The SMILES string of the molecule is C/C=C/C(=O)OCCN(CCCC)CC(O)CC. The summed E-state index contributed by atoms with van der Waals surface area (Å²) in [6.07, 6.45) is 5.75. The predicted octanol–water partition coefficient (Wildman–Crippen LogP) is 1.98. The van der Waals surface area contributed by atoms with Crippen molar-refractivity contribution >= 4 is 5.97 Å². The molecule has 106 valence electrons. The van der Waals surface area contributed by atoms with Gasteiger partial charge in [0.15, 0.2) is 0 Å². The molecule has 0 aromatic rings. The lowest BCUT2D eigenvalue weighted by Gasteiger charge is -2.24. The zero-order valence-electron chi connectivity index (χ0n) is 11.9. The molecule has 18 heavy (non-hydrogen) atoms. The molecule has 0 heterocycles. The molecule has 0 radical (unpaired) electrons. The van der Waals surface area contributed by atoms with Gasteiger partial charge >= 0.3 is 5.97 Å². The highest BCUT2D eigenvalue weighted by atomic mass is 16.5. The van der Waals surface area contributed by atoms with Crippen LogP contribution in [-0.2, 0) is 9.53 Å². The molecule has 1 N–H and O–H groups in total. The van der Waals surface area contributed by atoms with Crippen LogP contribution in [0.1, 0.15) is 40.0 Å². The van der Waals surface area contributed by atoms with E-state index < -0.39 is 0 Å². The Morgan fingerprint density at radius 1 is 1.39 bits per heavy atom. The van der Waals surface area contributed by atoms with Crippen LogP contribution >= 0.6 is 0 Å². The highest BCUT2D eigenvalue weighted by molar-refractivity contribution is 5.81. The number of hydrogen-bond donors (Lipinski definition) is 1. The second-order valence-corrected chi connectivity index (χ2v) is 4.38. The number of unbranched alkanes of at least 4 members (excludes halogenated alkanes) is 1. The van der Waals surface area contributed by atoms with Gasteiger partial charge in [0, 0.05) is 19.2 Å². The van der Waals surface area contributed by atoms with Crippen LogP contribution in [-0.4, -0.2) is 48.3 Å². The lowest BCUT2D eigenvalue weighted by atomic mass is 10.2. The largest absolute Gasteiger partial charge is 0.461 e. The fourth-order valence-electron chi connectivity index (χ4n) is 1.56. The number of aliphatic hydroxyl groups is 1. The van der Waals surface area contributed by atoms with Gasteiger partial charge in [-0.25, -0.2) is 4.79 Å². The highest BCUT2D eigenvalue weighted by Gasteiger charge is 2.10. The van der Waals surface area contributed by atoms with Crippen LogP contribution in [0.15, 0.2) is 12.2 Å².